The molecule has 2 rings (SSSR count). The van der Waals surface area contributed by atoms with Crippen LogP contribution in [-0.2, 0) is 0 Å². The molecule has 0 aromatic rings. The Morgan fingerprint density at radius 3 is 2.33 bits per heavy atom. The minimum Gasteiger partial charge on any atom is -0.306 e. The highest BCUT2D eigenvalue weighted by molar-refractivity contribution is 4.93. The third-order valence-corrected chi connectivity index (χ3v) is 3.13. The lowest BCUT2D eigenvalue weighted by molar-refractivity contribution is 0.298. The normalized spacial score (nSPS) is 37.1. The van der Waals surface area contributed by atoms with E-state index in [1.807, 2.05) is 6.08 Å². The molecular weight excluding hydrogens is 148 g/mol. The first-order valence-electron chi connectivity index (χ1n) is 4.81. The van der Waals surface area contributed by atoms with E-state index in [2.05, 4.69) is 23.4 Å². The fourth-order valence-electron chi connectivity index (χ4n) is 2.66. The topological polar surface area (TPSA) is 6.48 Å². The van der Waals surface area contributed by atoms with Gasteiger partial charge in [-0.2, -0.15) is 0 Å². The quantitative estimate of drug-likeness (QED) is 0.556. The van der Waals surface area contributed by atoms with Gasteiger partial charge in [0.2, 0.25) is 0 Å². The van der Waals surface area contributed by atoms with E-state index in [0.717, 1.165) is 18.4 Å². The minimum atomic E-state index is 0.940. The summed E-state index contributed by atoms with van der Waals surface area (Å²) in [5, 5.41) is 0. The average Bonchev–Trinajstić information content (AvgIpc) is 2.44. The van der Waals surface area contributed by atoms with Gasteiger partial charge < -0.3 is 4.90 Å². The van der Waals surface area contributed by atoms with Gasteiger partial charge in [0.1, 0.15) is 0 Å². The van der Waals surface area contributed by atoms with Crippen LogP contribution in [0.2, 0.25) is 0 Å². The Morgan fingerprint density at radius 2 is 1.83 bits per heavy atom. The van der Waals surface area contributed by atoms with Gasteiger partial charge in [0.25, 0.3) is 0 Å². The van der Waals surface area contributed by atoms with Crippen LogP contribution in [0.3, 0.4) is 0 Å². The van der Waals surface area contributed by atoms with Crippen molar-refractivity contribution in [3.05, 3.63) is 12.7 Å². The minimum absolute atomic E-state index is 0.940. The summed E-state index contributed by atoms with van der Waals surface area (Å²) in [6.45, 7) is 10.1. The van der Waals surface area contributed by atoms with Gasteiger partial charge in [0.05, 0.1) is 0 Å². The van der Waals surface area contributed by atoms with Crippen LogP contribution < -0.4 is 0 Å². The van der Waals surface area contributed by atoms with E-state index in [1.54, 1.807) is 0 Å². The Hall–Kier alpha value is -0.340. The van der Waals surface area contributed by atoms with Gasteiger partial charge in [-0.15, -0.1) is 6.58 Å². The van der Waals surface area contributed by atoms with Crippen molar-refractivity contribution in [3.8, 4) is 0 Å². The molecule has 0 saturated carbocycles. The first-order valence-corrected chi connectivity index (χ1v) is 4.81. The Morgan fingerprint density at radius 1 is 1.25 bits per heavy atom. The zero-order valence-electron chi connectivity index (χ0n) is 7.87. The van der Waals surface area contributed by atoms with Crippen molar-refractivity contribution >= 4 is 0 Å². The maximum atomic E-state index is 3.78. The molecule has 0 N–H and O–H groups in total. The summed E-state index contributed by atoms with van der Waals surface area (Å²) in [5.41, 5.74) is 0. The highest BCUT2D eigenvalue weighted by atomic mass is 15.2. The average molecular weight is 166 g/mol. The maximum absolute atomic E-state index is 3.78. The lowest BCUT2D eigenvalue weighted by atomic mass is 10.0. The molecule has 2 aliphatic heterocycles. The number of hydrogen-bond donors (Lipinski definition) is 0. The van der Waals surface area contributed by atoms with Gasteiger partial charge >= 0.3 is 0 Å². The molecule has 0 aliphatic carbocycles. The number of hydrogen-bond acceptors (Lipinski definition) is 2. The fraction of sp³-hybridized carbons (Fsp3) is 0.800. The van der Waals surface area contributed by atoms with Gasteiger partial charge in [0.15, 0.2) is 0 Å². The maximum Gasteiger partial charge on any atom is 0.0160 e. The van der Waals surface area contributed by atoms with E-state index >= 15 is 0 Å². The molecule has 2 nitrogen and oxygen atoms in total. The van der Waals surface area contributed by atoms with E-state index in [-0.39, 0.29) is 0 Å². The van der Waals surface area contributed by atoms with Crippen LogP contribution in [0.15, 0.2) is 12.7 Å². The molecule has 0 aromatic carbocycles. The molecule has 2 aliphatic rings. The molecule has 68 valence electrons. The van der Waals surface area contributed by atoms with Crippen LogP contribution in [0, 0.1) is 11.8 Å². The molecule has 2 unspecified atom stereocenters. The van der Waals surface area contributed by atoms with Crippen molar-refractivity contribution in [2.75, 3.05) is 39.8 Å². The molecule has 2 fully saturated rings. The molecule has 12 heavy (non-hydrogen) atoms. The van der Waals surface area contributed by atoms with Crippen molar-refractivity contribution in [3.63, 3.8) is 0 Å². The molecule has 2 atom stereocenters. The van der Waals surface area contributed by atoms with E-state index < -0.39 is 0 Å². The van der Waals surface area contributed by atoms with Crippen LogP contribution in [0.5, 0.6) is 0 Å². The highest BCUT2D eigenvalue weighted by Crippen LogP contribution is 2.29. The van der Waals surface area contributed by atoms with Gasteiger partial charge in [-0.1, -0.05) is 6.08 Å². The van der Waals surface area contributed by atoms with Crippen molar-refractivity contribution in [2.45, 2.75) is 0 Å². The van der Waals surface area contributed by atoms with Crippen molar-refractivity contribution in [2.24, 2.45) is 11.8 Å². The lowest BCUT2D eigenvalue weighted by Gasteiger charge is -2.16. The summed E-state index contributed by atoms with van der Waals surface area (Å²) >= 11 is 0. The van der Waals surface area contributed by atoms with Gasteiger partial charge in [0, 0.05) is 32.7 Å². The second-order valence-electron chi connectivity index (χ2n) is 4.25. The number of rotatable bonds is 2. The SMILES string of the molecule is C=CCN1CC2CN(C)CC2C1. The van der Waals surface area contributed by atoms with Crippen LogP contribution in [0.1, 0.15) is 0 Å². The Labute approximate surface area is 74.8 Å². The molecule has 0 aromatic heterocycles. The first-order chi connectivity index (χ1) is 5.79. The van der Waals surface area contributed by atoms with Crippen LogP contribution in [0.25, 0.3) is 0 Å². The van der Waals surface area contributed by atoms with E-state index in [9.17, 15) is 0 Å². The number of fused-ring (bicyclic) bond motifs is 1. The van der Waals surface area contributed by atoms with Crippen molar-refractivity contribution in [1.82, 2.24) is 9.80 Å². The highest BCUT2D eigenvalue weighted by Gasteiger charge is 2.37. The second kappa shape index (κ2) is 3.19. The summed E-state index contributed by atoms with van der Waals surface area (Å²) in [5.74, 6) is 1.88. The Bertz CT molecular complexity index is 165. The molecular formula is C10H18N2. The molecule has 0 spiro atoms. The van der Waals surface area contributed by atoms with Crippen molar-refractivity contribution in [1.29, 1.82) is 0 Å². The summed E-state index contributed by atoms with van der Waals surface area (Å²) in [6.07, 6.45) is 2.02. The molecule has 2 heteroatoms. The number of nitrogens with zero attached hydrogens (tertiary/aromatic N) is 2. The predicted octanol–water partition coefficient (Wildman–Crippen LogP) is 0.666. The zero-order valence-corrected chi connectivity index (χ0v) is 7.87. The molecule has 2 heterocycles. The first kappa shape index (κ1) is 8.27. The summed E-state index contributed by atoms with van der Waals surface area (Å²) in [4.78, 5) is 4.98. The lowest BCUT2D eigenvalue weighted by Crippen LogP contribution is -2.26. The summed E-state index contributed by atoms with van der Waals surface area (Å²) < 4.78 is 0. The van der Waals surface area contributed by atoms with E-state index in [4.69, 9.17) is 0 Å². The summed E-state index contributed by atoms with van der Waals surface area (Å²) in [6, 6.07) is 0. The largest absolute Gasteiger partial charge is 0.306 e. The van der Waals surface area contributed by atoms with Crippen molar-refractivity contribution < 1.29 is 0 Å². The predicted molar refractivity (Wildman–Crippen MR) is 51.1 cm³/mol. The summed E-state index contributed by atoms with van der Waals surface area (Å²) in [7, 11) is 2.23. The van der Waals surface area contributed by atoms with Crippen LogP contribution in [-0.4, -0.2) is 49.6 Å². The Balaban J connectivity index is 1.89. The fourth-order valence-corrected chi connectivity index (χ4v) is 2.66. The van der Waals surface area contributed by atoms with E-state index in [1.165, 1.54) is 26.2 Å². The van der Waals surface area contributed by atoms with Crippen LogP contribution >= 0.6 is 0 Å². The van der Waals surface area contributed by atoms with E-state index in [0.29, 0.717) is 0 Å². The smallest absolute Gasteiger partial charge is 0.0160 e. The standard InChI is InChI=1S/C10H18N2/c1-3-4-12-7-9-5-11(2)6-10(9)8-12/h3,9-10H,1,4-8H2,2H3. The van der Waals surface area contributed by atoms with Gasteiger partial charge in [-0.25, -0.2) is 0 Å². The Kier molecular flexibility index (Phi) is 2.20. The molecule has 0 amide bonds. The second-order valence-corrected chi connectivity index (χ2v) is 4.25. The third-order valence-electron chi connectivity index (χ3n) is 3.13. The van der Waals surface area contributed by atoms with Crippen LogP contribution in [0.4, 0.5) is 0 Å². The van der Waals surface area contributed by atoms with Gasteiger partial charge in [-0.3, -0.25) is 4.90 Å². The van der Waals surface area contributed by atoms with Gasteiger partial charge in [-0.05, 0) is 18.9 Å². The third kappa shape index (κ3) is 1.41. The molecule has 0 bridgehead atoms. The number of likely N-dealkylation sites (tertiary alicyclic amines) is 2. The zero-order chi connectivity index (χ0) is 8.55. The molecule has 0 radical (unpaired) electrons. The molecule has 2 saturated heterocycles. The monoisotopic (exact) mass is 166 g/mol.